The zero-order valence-electron chi connectivity index (χ0n) is 9.28. The molecule has 0 radical (unpaired) electrons. The van der Waals surface area contributed by atoms with Gasteiger partial charge >= 0.3 is 0 Å². The molecule has 0 aliphatic rings. The molecule has 96 valence electrons. The van der Waals surface area contributed by atoms with Crippen molar-refractivity contribution in [2.45, 2.75) is 0 Å². The summed E-state index contributed by atoms with van der Waals surface area (Å²) in [6, 6.07) is 5.14. The zero-order valence-corrected chi connectivity index (χ0v) is 12.4. The summed E-state index contributed by atoms with van der Waals surface area (Å²) >= 11 is 10.5. The Morgan fingerprint density at radius 2 is 2.26 bits per heavy atom. The van der Waals surface area contributed by atoms with Gasteiger partial charge in [0.15, 0.2) is 0 Å². The second-order valence-electron chi connectivity index (χ2n) is 3.74. The van der Waals surface area contributed by atoms with Crippen molar-refractivity contribution in [2.24, 2.45) is 0 Å². The number of hydrogen-bond donors (Lipinski definition) is 2. The van der Waals surface area contributed by atoms with Gasteiger partial charge in [-0.15, -0.1) is 0 Å². The predicted molar refractivity (Wildman–Crippen MR) is 78.9 cm³/mol. The van der Waals surface area contributed by atoms with Crippen LogP contribution in [0.25, 0.3) is 11.0 Å². The number of hydrogen-bond acceptors (Lipinski definition) is 4. The Labute approximate surface area is 125 Å². The van der Waals surface area contributed by atoms with E-state index in [9.17, 15) is 4.79 Å². The second kappa shape index (κ2) is 4.92. The highest BCUT2D eigenvalue weighted by Crippen LogP contribution is 2.30. The summed E-state index contributed by atoms with van der Waals surface area (Å²) in [5, 5.41) is 3.18. The quantitative estimate of drug-likeness (QED) is 0.735. The maximum absolute atomic E-state index is 12.1. The lowest BCUT2D eigenvalue weighted by molar-refractivity contribution is 0.102. The average molecular weight is 358 g/mol. The number of H-pyrrole nitrogens is 1. The van der Waals surface area contributed by atoms with Gasteiger partial charge in [-0.2, -0.15) is 8.75 Å². The van der Waals surface area contributed by atoms with Crippen LogP contribution in [-0.2, 0) is 0 Å². The Morgan fingerprint density at radius 1 is 1.42 bits per heavy atom. The molecule has 0 saturated carbocycles. The van der Waals surface area contributed by atoms with E-state index >= 15 is 0 Å². The summed E-state index contributed by atoms with van der Waals surface area (Å²) in [6.07, 6.45) is 1.68. The van der Waals surface area contributed by atoms with Crippen LogP contribution in [0.1, 0.15) is 10.5 Å². The Balaban J connectivity index is 1.99. The zero-order chi connectivity index (χ0) is 13.4. The fraction of sp³-hybridized carbons (Fsp3) is 0. The average Bonchev–Trinajstić information content (AvgIpc) is 3.01. The van der Waals surface area contributed by atoms with Crippen molar-refractivity contribution in [1.29, 1.82) is 0 Å². The van der Waals surface area contributed by atoms with Crippen molar-refractivity contribution < 1.29 is 4.79 Å². The van der Waals surface area contributed by atoms with Crippen molar-refractivity contribution in [2.75, 3.05) is 5.32 Å². The first kappa shape index (κ1) is 12.6. The summed E-state index contributed by atoms with van der Waals surface area (Å²) in [4.78, 5) is 14.9. The molecule has 0 fully saturated rings. The SMILES string of the molecule is O=C(Nc1c(Cl)ccc2nsnc12)c1cc(Br)c[nH]1. The van der Waals surface area contributed by atoms with Crippen LogP contribution in [0, 0.1) is 0 Å². The van der Waals surface area contributed by atoms with Crippen LogP contribution in [-0.4, -0.2) is 19.6 Å². The van der Waals surface area contributed by atoms with E-state index in [0.717, 1.165) is 16.2 Å². The smallest absolute Gasteiger partial charge is 0.272 e. The number of benzene rings is 1. The van der Waals surface area contributed by atoms with Gasteiger partial charge in [0.25, 0.3) is 5.91 Å². The Hall–Kier alpha value is -1.44. The molecule has 0 saturated heterocycles. The molecule has 1 aromatic carbocycles. The molecule has 0 spiro atoms. The van der Waals surface area contributed by atoms with E-state index in [1.165, 1.54) is 0 Å². The van der Waals surface area contributed by atoms with Crippen LogP contribution < -0.4 is 5.32 Å². The molecule has 3 rings (SSSR count). The van der Waals surface area contributed by atoms with Crippen LogP contribution >= 0.6 is 39.3 Å². The third-order valence-electron chi connectivity index (χ3n) is 2.51. The molecule has 5 nitrogen and oxygen atoms in total. The summed E-state index contributed by atoms with van der Waals surface area (Å²) in [7, 11) is 0. The third-order valence-corrected chi connectivity index (χ3v) is 3.82. The van der Waals surface area contributed by atoms with Crippen LogP contribution in [0.3, 0.4) is 0 Å². The normalized spacial score (nSPS) is 10.8. The van der Waals surface area contributed by atoms with E-state index in [2.05, 4.69) is 35.0 Å². The maximum atomic E-state index is 12.1. The van der Waals surface area contributed by atoms with Crippen molar-refractivity contribution in [3.8, 4) is 0 Å². The van der Waals surface area contributed by atoms with Crippen LogP contribution in [0.4, 0.5) is 5.69 Å². The van der Waals surface area contributed by atoms with Gasteiger partial charge in [-0.3, -0.25) is 4.79 Å². The number of anilines is 1. The number of carbonyl (C=O) groups excluding carboxylic acids is 1. The lowest BCUT2D eigenvalue weighted by atomic mass is 10.2. The van der Waals surface area contributed by atoms with Gasteiger partial charge in [0.05, 0.1) is 22.4 Å². The number of fused-ring (bicyclic) bond motifs is 1. The fourth-order valence-electron chi connectivity index (χ4n) is 1.63. The topological polar surface area (TPSA) is 70.7 Å². The molecule has 19 heavy (non-hydrogen) atoms. The minimum Gasteiger partial charge on any atom is -0.356 e. The highest BCUT2D eigenvalue weighted by molar-refractivity contribution is 9.10. The van der Waals surface area contributed by atoms with Gasteiger partial charge in [-0.1, -0.05) is 11.6 Å². The molecule has 2 N–H and O–H groups in total. The highest BCUT2D eigenvalue weighted by Gasteiger charge is 2.15. The number of halogens is 2. The summed E-state index contributed by atoms with van der Waals surface area (Å²) < 4.78 is 9.06. The molecule has 0 unspecified atom stereocenters. The molecule has 8 heteroatoms. The lowest BCUT2D eigenvalue weighted by Crippen LogP contribution is -2.12. The van der Waals surface area contributed by atoms with Gasteiger partial charge in [0, 0.05) is 10.7 Å². The van der Waals surface area contributed by atoms with Crippen LogP contribution in [0.15, 0.2) is 28.9 Å². The fourth-order valence-corrected chi connectivity index (χ4v) is 2.71. The van der Waals surface area contributed by atoms with Gasteiger partial charge < -0.3 is 10.3 Å². The molecule has 2 aromatic heterocycles. The molecular formula is C11H6BrClN4OS. The number of rotatable bonds is 2. The number of carbonyl (C=O) groups is 1. The van der Waals surface area contributed by atoms with Crippen molar-refractivity contribution >= 4 is 61.9 Å². The maximum Gasteiger partial charge on any atom is 0.272 e. The third kappa shape index (κ3) is 2.36. The van der Waals surface area contributed by atoms with E-state index in [1.807, 2.05) is 0 Å². The Kier molecular flexibility index (Phi) is 3.26. The van der Waals surface area contributed by atoms with Crippen molar-refractivity contribution in [3.63, 3.8) is 0 Å². The molecular weight excluding hydrogens is 352 g/mol. The van der Waals surface area contributed by atoms with Gasteiger partial charge in [0.2, 0.25) is 0 Å². The van der Waals surface area contributed by atoms with Crippen LogP contribution in [0.5, 0.6) is 0 Å². The van der Waals surface area contributed by atoms with Crippen LogP contribution in [0.2, 0.25) is 5.02 Å². The second-order valence-corrected chi connectivity index (χ2v) is 5.59. The number of aromatic nitrogens is 3. The number of nitrogens with one attached hydrogen (secondary N) is 2. The number of amides is 1. The molecule has 3 aromatic rings. The monoisotopic (exact) mass is 356 g/mol. The van der Waals surface area contributed by atoms with Gasteiger partial charge in [0.1, 0.15) is 16.7 Å². The van der Waals surface area contributed by atoms with E-state index in [0.29, 0.717) is 27.4 Å². The van der Waals surface area contributed by atoms with E-state index in [-0.39, 0.29) is 5.91 Å². The molecule has 0 bridgehead atoms. The first-order valence-corrected chi connectivity index (χ1v) is 7.11. The lowest BCUT2D eigenvalue weighted by Gasteiger charge is -2.06. The van der Waals surface area contributed by atoms with Gasteiger partial charge in [-0.05, 0) is 34.1 Å². The Bertz CT molecular complexity index is 769. The molecule has 0 atom stereocenters. The largest absolute Gasteiger partial charge is 0.356 e. The first-order chi connectivity index (χ1) is 9.15. The summed E-state index contributed by atoms with van der Waals surface area (Å²) in [6.45, 7) is 0. The van der Waals surface area contributed by atoms with Crippen molar-refractivity contribution in [1.82, 2.24) is 13.7 Å². The van der Waals surface area contributed by atoms with E-state index < -0.39 is 0 Å². The van der Waals surface area contributed by atoms with Crippen molar-refractivity contribution in [3.05, 3.63) is 39.6 Å². The highest BCUT2D eigenvalue weighted by atomic mass is 79.9. The summed E-state index contributed by atoms with van der Waals surface area (Å²) in [5.41, 5.74) is 2.21. The minimum atomic E-state index is -0.284. The molecule has 1 amide bonds. The molecule has 0 aliphatic heterocycles. The predicted octanol–water partition coefficient (Wildman–Crippen LogP) is 3.69. The standard InChI is InChI=1S/C11H6BrClN4OS/c12-5-3-8(14-4-5)11(18)15-9-6(13)1-2-7-10(9)17-19-16-7/h1-4,14H,(H,15,18). The first-order valence-electron chi connectivity index (χ1n) is 5.21. The number of aromatic amines is 1. The number of nitrogens with zero attached hydrogens (tertiary/aromatic N) is 2. The van der Waals surface area contributed by atoms with E-state index in [1.54, 1.807) is 24.4 Å². The molecule has 2 heterocycles. The van der Waals surface area contributed by atoms with E-state index in [4.69, 9.17) is 11.6 Å². The summed E-state index contributed by atoms with van der Waals surface area (Å²) in [5.74, 6) is -0.284. The Morgan fingerprint density at radius 3 is 3.00 bits per heavy atom. The van der Waals surface area contributed by atoms with Gasteiger partial charge in [-0.25, -0.2) is 0 Å². The molecule has 0 aliphatic carbocycles. The minimum absolute atomic E-state index is 0.284.